The molecule has 8 nitrogen and oxygen atoms in total. The topological polar surface area (TPSA) is 125 Å². The van der Waals surface area contributed by atoms with E-state index >= 15 is 0 Å². The molecule has 35 heavy (non-hydrogen) atoms. The van der Waals surface area contributed by atoms with E-state index in [2.05, 4.69) is 32.4 Å². The molecule has 4 heterocycles. The number of carbonyl (C=O) groups excluding carboxylic acids is 1. The van der Waals surface area contributed by atoms with Gasteiger partial charge in [-0.3, -0.25) is 19.7 Å². The summed E-state index contributed by atoms with van der Waals surface area (Å²) in [5, 5.41) is 22.0. The first-order chi connectivity index (χ1) is 16.8. The summed E-state index contributed by atoms with van der Waals surface area (Å²) in [7, 11) is 0. The number of hydrogen-bond donors (Lipinski definition) is 1. The van der Waals surface area contributed by atoms with E-state index in [1.807, 2.05) is 19.1 Å². The molecule has 1 aliphatic heterocycles. The third-order valence-electron chi connectivity index (χ3n) is 5.87. The van der Waals surface area contributed by atoms with E-state index in [9.17, 15) is 15.3 Å². The van der Waals surface area contributed by atoms with E-state index in [0.717, 1.165) is 22.4 Å². The number of aryl methyl sites for hydroxylation is 1. The maximum Gasteiger partial charge on any atom is 0.255 e. The third kappa shape index (κ3) is 5.08. The van der Waals surface area contributed by atoms with Gasteiger partial charge in [0.05, 0.1) is 53.5 Å². The predicted octanol–water partition coefficient (Wildman–Crippen LogP) is 4.58. The van der Waals surface area contributed by atoms with Gasteiger partial charge in [0.15, 0.2) is 0 Å². The molecule has 0 bridgehead atoms. The highest BCUT2D eigenvalue weighted by atomic mass is 16.5. The van der Waals surface area contributed by atoms with Crippen LogP contribution >= 0.6 is 0 Å². The van der Waals surface area contributed by atoms with Gasteiger partial charge in [0.2, 0.25) is 0 Å². The molecular formula is C27H24N6O2. The van der Waals surface area contributed by atoms with Crippen LogP contribution in [0.4, 0.5) is 5.69 Å². The first-order valence-corrected chi connectivity index (χ1v) is 11.2. The molecule has 0 spiro atoms. The second-order valence-corrected chi connectivity index (χ2v) is 8.76. The van der Waals surface area contributed by atoms with Gasteiger partial charge >= 0.3 is 0 Å². The molecule has 0 saturated heterocycles. The number of amides is 1. The fraction of sp³-hybridized carbons (Fsp3) is 0.259. The summed E-state index contributed by atoms with van der Waals surface area (Å²) in [6.45, 7) is 6.49. The Morgan fingerprint density at radius 3 is 2.69 bits per heavy atom. The number of rotatable bonds is 5. The first kappa shape index (κ1) is 23.7. The quantitative estimate of drug-likeness (QED) is 0.586. The van der Waals surface area contributed by atoms with Crippen molar-refractivity contribution in [3.8, 4) is 23.3 Å². The average molecular weight is 465 g/mol. The number of carbonyl (C=O) groups is 1. The lowest BCUT2D eigenvalue weighted by Crippen LogP contribution is -2.18. The number of nitrogens with one attached hydrogen (secondary N) is 1. The molecule has 1 N–H and O–H groups in total. The lowest BCUT2D eigenvalue weighted by molar-refractivity contribution is 0.102. The van der Waals surface area contributed by atoms with Gasteiger partial charge in [-0.05, 0) is 57.0 Å². The minimum Gasteiger partial charge on any atom is -0.377 e. The van der Waals surface area contributed by atoms with Gasteiger partial charge < -0.3 is 10.1 Å². The van der Waals surface area contributed by atoms with Crippen LogP contribution in [0.2, 0.25) is 0 Å². The summed E-state index contributed by atoms with van der Waals surface area (Å²) in [5.74, 6) is -0.336. The van der Waals surface area contributed by atoms with Gasteiger partial charge in [0, 0.05) is 34.8 Å². The molecule has 174 valence electrons. The Kier molecular flexibility index (Phi) is 6.68. The Morgan fingerprint density at radius 1 is 1.14 bits per heavy atom. The summed E-state index contributed by atoms with van der Waals surface area (Å²) < 4.78 is 5.36. The molecule has 0 aromatic carbocycles. The molecule has 3 aromatic heterocycles. The summed E-state index contributed by atoms with van der Waals surface area (Å²) >= 11 is 0. The molecule has 0 saturated carbocycles. The number of ether oxygens (including phenoxy) is 1. The van der Waals surface area contributed by atoms with Crippen LogP contribution < -0.4 is 5.32 Å². The molecule has 0 aliphatic carbocycles. The third-order valence-corrected chi connectivity index (χ3v) is 5.87. The van der Waals surface area contributed by atoms with E-state index in [1.165, 1.54) is 6.20 Å². The van der Waals surface area contributed by atoms with E-state index in [0.29, 0.717) is 47.8 Å². The summed E-state index contributed by atoms with van der Waals surface area (Å²) in [6.07, 6.45) is 7.49. The SMILES string of the molecule is Cc1ncc(NC(=O)c2ccnc(C(C)(C)C#N)c2)cc1-c1cnc(C2=CCOCC2)c(C#N)c1. The largest absolute Gasteiger partial charge is 0.377 e. The van der Waals surface area contributed by atoms with Gasteiger partial charge in [0.25, 0.3) is 5.91 Å². The molecule has 8 heteroatoms. The van der Waals surface area contributed by atoms with Crippen LogP contribution in [0.5, 0.6) is 0 Å². The molecule has 3 aromatic rings. The second kappa shape index (κ2) is 9.84. The summed E-state index contributed by atoms with van der Waals surface area (Å²) in [5.41, 5.74) is 5.00. The smallest absolute Gasteiger partial charge is 0.255 e. The number of hydrogen-bond acceptors (Lipinski definition) is 7. The van der Waals surface area contributed by atoms with Gasteiger partial charge in [-0.1, -0.05) is 6.08 Å². The summed E-state index contributed by atoms with van der Waals surface area (Å²) in [6, 6.07) is 11.3. The Morgan fingerprint density at radius 2 is 1.97 bits per heavy atom. The van der Waals surface area contributed by atoms with Crippen LogP contribution in [-0.2, 0) is 10.2 Å². The molecule has 0 atom stereocenters. The van der Waals surface area contributed by atoms with Crippen molar-refractivity contribution < 1.29 is 9.53 Å². The minimum atomic E-state index is -0.812. The monoisotopic (exact) mass is 464 g/mol. The lowest BCUT2D eigenvalue weighted by Gasteiger charge is -2.16. The van der Waals surface area contributed by atoms with E-state index in [-0.39, 0.29) is 5.91 Å². The number of anilines is 1. The van der Waals surface area contributed by atoms with Crippen LogP contribution in [-0.4, -0.2) is 34.1 Å². The Balaban J connectivity index is 1.62. The number of nitriles is 2. The highest BCUT2D eigenvalue weighted by Crippen LogP contribution is 2.29. The maximum atomic E-state index is 12.9. The fourth-order valence-corrected chi connectivity index (χ4v) is 3.76. The number of pyridine rings is 3. The number of nitrogens with zero attached hydrogens (tertiary/aromatic N) is 5. The molecule has 1 amide bonds. The standard InChI is InChI=1S/C27H24N6O2/c1-17-23(21-10-20(13-28)25(32-14-21)18-5-8-35-9-6-18)12-22(15-31-17)33-26(34)19-4-7-30-24(11-19)27(2,3)16-29/h4-5,7,10-12,14-15H,6,8-9H2,1-3H3,(H,33,34). The highest BCUT2D eigenvalue weighted by molar-refractivity contribution is 6.04. The van der Waals surface area contributed by atoms with Crippen molar-refractivity contribution in [2.45, 2.75) is 32.6 Å². The summed E-state index contributed by atoms with van der Waals surface area (Å²) in [4.78, 5) is 26.2. The van der Waals surface area contributed by atoms with Crippen LogP contribution in [0, 0.1) is 29.6 Å². The van der Waals surface area contributed by atoms with Crippen LogP contribution in [0.1, 0.15) is 53.3 Å². The zero-order chi connectivity index (χ0) is 25.0. The molecule has 0 unspecified atom stereocenters. The molecule has 0 radical (unpaired) electrons. The normalized spacial score (nSPS) is 13.3. The van der Waals surface area contributed by atoms with E-state index < -0.39 is 5.41 Å². The Bertz CT molecular complexity index is 1410. The van der Waals surface area contributed by atoms with Crippen molar-refractivity contribution in [2.24, 2.45) is 0 Å². The van der Waals surface area contributed by atoms with Crippen molar-refractivity contribution in [3.63, 3.8) is 0 Å². The van der Waals surface area contributed by atoms with Crippen LogP contribution in [0.3, 0.4) is 0 Å². The minimum absolute atomic E-state index is 0.336. The van der Waals surface area contributed by atoms with Gasteiger partial charge in [-0.2, -0.15) is 10.5 Å². The van der Waals surface area contributed by atoms with Crippen molar-refractivity contribution >= 4 is 17.2 Å². The molecule has 1 aliphatic rings. The van der Waals surface area contributed by atoms with Gasteiger partial charge in [-0.15, -0.1) is 0 Å². The van der Waals surface area contributed by atoms with Crippen molar-refractivity contribution in [1.82, 2.24) is 15.0 Å². The molecule has 0 fully saturated rings. The second-order valence-electron chi connectivity index (χ2n) is 8.76. The maximum absolute atomic E-state index is 12.9. The first-order valence-electron chi connectivity index (χ1n) is 11.2. The van der Waals surface area contributed by atoms with E-state index in [4.69, 9.17) is 4.74 Å². The Labute approximate surface area is 203 Å². The van der Waals surface area contributed by atoms with Crippen molar-refractivity contribution in [2.75, 3.05) is 18.5 Å². The van der Waals surface area contributed by atoms with Crippen molar-refractivity contribution in [1.29, 1.82) is 10.5 Å². The van der Waals surface area contributed by atoms with E-state index in [1.54, 1.807) is 44.4 Å². The average Bonchev–Trinajstić information content (AvgIpc) is 2.90. The van der Waals surface area contributed by atoms with Gasteiger partial charge in [0.1, 0.15) is 6.07 Å². The Hall–Kier alpha value is -4.40. The lowest BCUT2D eigenvalue weighted by atomic mass is 9.90. The zero-order valence-electron chi connectivity index (χ0n) is 19.8. The molecular weight excluding hydrogens is 440 g/mol. The van der Waals surface area contributed by atoms with Crippen molar-refractivity contribution in [3.05, 3.63) is 77.1 Å². The van der Waals surface area contributed by atoms with Crippen LogP contribution in [0.25, 0.3) is 16.7 Å². The predicted molar refractivity (Wildman–Crippen MR) is 131 cm³/mol. The fourth-order valence-electron chi connectivity index (χ4n) is 3.76. The zero-order valence-corrected chi connectivity index (χ0v) is 19.8. The van der Waals surface area contributed by atoms with Crippen LogP contribution in [0.15, 0.2) is 48.9 Å². The number of aromatic nitrogens is 3. The molecule has 4 rings (SSSR count). The highest BCUT2D eigenvalue weighted by Gasteiger charge is 2.23. The van der Waals surface area contributed by atoms with Gasteiger partial charge in [-0.25, -0.2) is 0 Å².